The van der Waals surface area contributed by atoms with Gasteiger partial charge in [-0.1, -0.05) is 18.2 Å². The van der Waals surface area contributed by atoms with Crippen LogP contribution >= 0.6 is 0 Å². The lowest BCUT2D eigenvalue weighted by Crippen LogP contribution is -1.97. The van der Waals surface area contributed by atoms with Crippen LogP contribution in [0.25, 0.3) is 10.9 Å². The molecule has 5 nitrogen and oxygen atoms in total. The molecule has 5 heteroatoms. The van der Waals surface area contributed by atoms with Crippen LogP contribution in [-0.4, -0.2) is 9.97 Å². The predicted molar refractivity (Wildman–Crippen MR) is 100 cm³/mol. The highest BCUT2D eigenvalue weighted by Gasteiger charge is 2.05. The average Bonchev–Trinajstić information content (AvgIpc) is 2.65. The Hall–Kier alpha value is -3.60. The molecule has 0 aliphatic carbocycles. The molecule has 0 aliphatic heterocycles. The lowest BCUT2D eigenvalue weighted by Gasteiger charge is -2.10. The summed E-state index contributed by atoms with van der Waals surface area (Å²) in [5, 5.41) is 4.18. The molecular formula is C20H16N4O. The summed E-state index contributed by atoms with van der Waals surface area (Å²) in [6.07, 6.45) is 1.54. The summed E-state index contributed by atoms with van der Waals surface area (Å²) in [7, 11) is 0. The molecule has 0 atom stereocenters. The van der Waals surface area contributed by atoms with Gasteiger partial charge >= 0.3 is 0 Å². The number of hydrogen-bond acceptors (Lipinski definition) is 5. The summed E-state index contributed by atoms with van der Waals surface area (Å²) < 4.78 is 5.80. The van der Waals surface area contributed by atoms with Crippen molar-refractivity contribution in [3.8, 4) is 11.5 Å². The van der Waals surface area contributed by atoms with E-state index in [0.29, 0.717) is 11.5 Å². The van der Waals surface area contributed by atoms with Crippen molar-refractivity contribution in [1.29, 1.82) is 0 Å². The number of rotatable bonds is 4. The molecule has 0 aliphatic rings. The number of nitrogens with zero attached hydrogens (tertiary/aromatic N) is 2. The Morgan fingerprint density at radius 3 is 2.36 bits per heavy atom. The van der Waals surface area contributed by atoms with E-state index in [9.17, 15) is 0 Å². The second-order valence-electron chi connectivity index (χ2n) is 5.56. The molecule has 122 valence electrons. The molecule has 3 aromatic carbocycles. The molecule has 0 saturated carbocycles. The summed E-state index contributed by atoms with van der Waals surface area (Å²) >= 11 is 0. The highest BCUT2D eigenvalue weighted by Crippen LogP contribution is 2.27. The SMILES string of the molecule is Nc1ccc2ncnc(Nc3ccc(Oc4ccccc4)cc3)c2c1. The van der Waals surface area contributed by atoms with Crippen LogP contribution in [0.1, 0.15) is 0 Å². The topological polar surface area (TPSA) is 73.1 Å². The number of fused-ring (bicyclic) bond motifs is 1. The van der Waals surface area contributed by atoms with E-state index in [4.69, 9.17) is 10.5 Å². The van der Waals surface area contributed by atoms with Crippen molar-refractivity contribution in [2.45, 2.75) is 0 Å². The van der Waals surface area contributed by atoms with E-state index in [1.54, 1.807) is 0 Å². The highest BCUT2D eigenvalue weighted by atomic mass is 16.5. The number of nitrogens with one attached hydrogen (secondary N) is 1. The second kappa shape index (κ2) is 6.49. The molecule has 0 fully saturated rings. The molecule has 0 amide bonds. The largest absolute Gasteiger partial charge is 0.457 e. The van der Waals surface area contributed by atoms with Crippen molar-refractivity contribution in [2.24, 2.45) is 0 Å². The predicted octanol–water partition coefficient (Wildman–Crippen LogP) is 4.75. The van der Waals surface area contributed by atoms with Crippen molar-refractivity contribution in [3.63, 3.8) is 0 Å². The van der Waals surface area contributed by atoms with Crippen LogP contribution in [0.4, 0.5) is 17.2 Å². The fraction of sp³-hybridized carbons (Fsp3) is 0. The summed E-state index contributed by atoms with van der Waals surface area (Å²) in [4.78, 5) is 8.58. The molecular weight excluding hydrogens is 312 g/mol. The maximum absolute atomic E-state index is 5.88. The van der Waals surface area contributed by atoms with Gasteiger partial charge in [0.1, 0.15) is 23.6 Å². The first kappa shape index (κ1) is 15.0. The Balaban J connectivity index is 1.56. The van der Waals surface area contributed by atoms with E-state index in [1.807, 2.05) is 72.8 Å². The van der Waals surface area contributed by atoms with Gasteiger partial charge in [-0.3, -0.25) is 0 Å². The Labute approximate surface area is 145 Å². The van der Waals surface area contributed by atoms with Gasteiger partial charge in [-0.05, 0) is 54.6 Å². The van der Waals surface area contributed by atoms with Gasteiger partial charge in [0.2, 0.25) is 0 Å². The monoisotopic (exact) mass is 328 g/mol. The quantitative estimate of drug-likeness (QED) is 0.529. The zero-order valence-corrected chi connectivity index (χ0v) is 13.4. The molecule has 3 N–H and O–H groups in total. The molecule has 25 heavy (non-hydrogen) atoms. The smallest absolute Gasteiger partial charge is 0.141 e. The number of ether oxygens (including phenoxy) is 1. The molecule has 1 heterocycles. The molecule has 0 spiro atoms. The summed E-state index contributed by atoms with van der Waals surface area (Å²) in [5.74, 6) is 2.29. The van der Waals surface area contributed by atoms with E-state index in [0.717, 1.165) is 28.1 Å². The average molecular weight is 328 g/mol. The summed E-state index contributed by atoms with van der Waals surface area (Å²) in [6, 6.07) is 23.0. The fourth-order valence-electron chi connectivity index (χ4n) is 2.54. The van der Waals surface area contributed by atoms with Crippen molar-refractivity contribution in [3.05, 3.63) is 79.1 Å². The Morgan fingerprint density at radius 1 is 0.800 bits per heavy atom. The Morgan fingerprint density at radius 2 is 1.56 bits per heavy atom. The minimum Gasteiger partial charge on any atom is -0.457 e. The Bertz CT molecular complexity index is 1000. The van der Waals surface area contributed by atoms with Gasteiger partial charge in [0.25, 0.3) is 0 Å². The molecule has 0 unspecified atom stereocenters. The fourth-order valence-corrected chi connectivity index (χ4v) is 2.54. The van der Waals surface area contributed by atoms with Gasteiger partial charge in [-0.15, -0.1) is 0 Å². The zero-order valence-electron chi connectivity index (χ0n) is 13.4. The van der Waals surface area contributed by atoms with E-state index in [1.165, 1.54) is 6.33 Å². The normalized spacial score (nSPS) is 10.6. The van der Waals surface area contributed by atoms with Crippen molar-refractivity contribution < 1.29 is 4.74 Å². The molecule has 0 bridgehead atoms. The minimum absolute atomic E-state index is 0.678. The molecule has 4 rings (SSSR count). The lowest BCUT2D eigenvalue weighted by atomic mass is 10.2. The number of hydrogen-bond donors (Lipinski definition) is 2. The number of anilines is 3. The van der Waals surface area contributed by atoms with Gasteiger partial charge in [0.05, 0.1) is 5.52 Å². The maximum Gasteiger partial charge on any atom is 0.141 e. The van der Waals surface area contributed by atoms with E-state index in [-0.39, 0.29) is 0 Å². The van der Waals surface area contributed by atoms with Crippen LogP contribution in [0.15, 0.2) is 79.1 Å². The number of para-hydroxylation sites is 1. The van der Waals surface area contributed by atoms with Crippen LogP contribution in [0.2, 0.25) is 0 Å². The third-order valence-corrected chi connectivity index (χ3v) is 3.76. The van der Waals surface area contributed by atoms with Gasteiger partial charge < -0.3 is 15.8 Å². The van der Waals surface area contributed by atoms with E-state index in [2.05, 4.69) is 15.3 Å². The van der Waals surface area contributed by atoms with E-state index < -0.39 is 0 Å². The number of nitrogens with two attached hydrogens (primary N) is 1. The third-order valence-electron chi connectivity index (χ3n) is 3.76. The van der Waals surface area contributed by atoms with Crippen LogP contribution < -0.4 is 15.8 Å². The first-order valence-electron chi connectivity index (χ1n) is 7.88. The standard InChI is InChI=1S/C20H16N4O/c21-14-6-11-19-18(12-14)20(23-13-22-19)24-15-7-9-17(10-8-15)25-16-4-2-1-3-5-16/h1-13H,21H2,(H,22,23,24). The van der Waals surface area contributed by atoms with Gasteiger partial charge in [0, 0.05) is 16.8 Å². The van der Waals surface area contributed by atoms with Crippen LogP contribution in [0.5, 0.6) is 11.5 Å². The van der Waals surface area contributed by atoms with Crippen LogP contribution in [0, 0.1) is 0 Å². The molecule has 0 saturated heterocycles. The van der Waals surface area contributed by atoms with Crippen molar-refractivity contribution in [1.82, 2.24) is 9.97 Å². The summed E-state index contributed by atoms with van der Waals surface area (Å²) in [5.41, 5.74) is 8.31. The second-order valence-corrected chi connectivity index (χ2v) is 5.56. The minimum atomic E-state index is 0.678. The molecule has 0 radical (unpaired) electrons. The van der Waals surface area contributed by atoms with Crippen molar-refractivity contribution >= 4 is 28.1 Å². The first-order valence-corrected chi connectivity index (χ1v) is 7.88. The number of nitrogen functional groups attached to an aromatic ring is 1. The maximum atomic E-state index is 5.88. The zero-order chi connectivity index (χ0) is 17.1. The van der Waals surface area contributed by atoms with Crippen LogP contribution in [0.3, 0.4) is 0 Å². The molecule has 1 aromatic heterocycles. The lowest BCUT2D eigenvalue weighted by molar-refractivity contribution is 0.483. The van der Waals surface area contributed by atoms with Gasteiger partial charge in [-0.25, -0.2) is 9.97 Å². The molecule has 4 aromatic rings. The highest BCUT2D eigenvalue weighted by molar-refractivity contribution is 5.92. The number of aromatic nitrogens is 2. The first-order chi connectivity index (χ1) is 12.3. The van der Waals surface area contributed by atoms with E-state index >= 15 is 0 Å². The van der Waals surface area contributed by atoms with Crippen LogP contribution in [-0.2, 0) is 0 Å². The van der Waals surface area contributed by atoms with Gasteiger partial charge in [0.15, 0.2) is 0 Å². The van der Waals surface area contributed by atoms with Gasteiger partial charge in [-0.2, -0.15) is 0 Å². The third kappa shape index (κ3) is 3.35. The summed E-state index contributed by atoms with van der Waals surface area (Å²) in [6.45, 7) is 0. The van der Waals surface area contributed by atoms with Crippen molar-refractivity contribution in [2.75, 3.05) is 11.1 Å². The Kier molecular flexibility index (Phi) is 3.88. The number of benzene rings is 3.